The van der Waals surface area contributed by atoms with Gasteiger partial charge in [-0.3, -0.25) is 14.5 Å². The summed E-state index contributed by atoms with van der Waals surface area (Å²) < 4.78 is 10.6. The molecule has 1 atom stereocenters. The number of thiocarbonyl (C=S) groups is 1. The number of likely N-dealkylation sites (N-methyl/N-ethyl adjacent to an activating group) is 1. The Labute approximate surface area is 181 Å². The molecule has 1 N–H and O–H groups in total. The zero-order chi connectivity index (χ0) is 21.7. The lowest BCUT2D eigenvalue weighted by atomic mass is 10.1. The molecule has 1 heterocycles. The summed E-state index contributed by atoms with van der Waals surface area (Å²) in [7, 11) is 4.82. The maximum Gasteiger partial charge on any atom is 0.251 e. The van der Waals surface area contributed by atoms with Crippen molar-refractivity contribution in [1.82, 2.24) is 9.80 Å². The van der Waals surface area contributed by atoms with Gasteiger partial charge in [0, 0.05) is 19.3 Å². The molecule has 1 fully saturated rings. The fourth-order valence-electron chi connectivity index (χ4n) is 3.42. The second kappa shape index (κ2) is 9.58. The van der Waals surface area contributed by atoms with E-state index in [9.17, 15) is 9.59 Å². The third kappa shape index (κ3) is 4.71. The van der Waals surface area contributed by atoms with E-state index in [-0.39, 0.29) is 18.2 Å². The zero-order valence-electron chi connectivity index (χ0n) is 17.3. The van der Waals surface area contributed by atoms with E-state index in [0.29, 0.717) is 35.3 Å². The van der Waals surface area contributed by atoms with Crippen LogP contribution in [0, 0.1) is 0 Å². The summed E-state index contributed by atoms with van der Waals surface area (Å²) >= 11 is 5.46. The number of benzene rings is 2. The van der Waals surface area contributed by atoms with Gasteiger partial charge in [0.05, 0.1) is 20.6 Å². The number of hydrogen-bond acceptors (Lipinski definition) is 5. The molecule has 7 nitrogen and oxygen atoms in total. The van der Waals surface area contributed by atoms with Crippen LogP contribution in [0.4, 0.5) is 5.69 Å². The summed E-state index contributed by atoms with van der Waals surface area (Å²) in [6, 6.07) is 14.2. The van der Waals surface area contributed by atoms with Gasteiger partial charge in [-0.25, -0.2) is 0 Å². The number of rotatable bonds is 8. The lowest BCUT2D eigenvalue weighted by molar-refractivity contribution is -0.130. The number of carbonyl (C=O) groups is 2. The molecular weight excluding hydrogens is 402 g/mol. The number of nitrogens with zero attached hydrogens (tertiary/aromatic N) is 2. The zero-order valence-corrected chi connectivity index (χ0v) is 18.1. The van der Waals surface area contributed by atoms with Gasteiger partial charge in [-0.1, -0.05) is 24.3 Å². The smallest absolute Gasteiger partial charge is 0.251 e. The van der Waals surface area contributed by atoms with Gasteiger partial charge in [-0.15, -0.1) is 0 Å². The highest BCUT2D eigenvalue weighted by Crippen LogP contribution is 2.28. The summed E-state index contributed by atoms with van der Waals surface area (Å²) in [5, 5.41) is 3.26. The highest BCUT2D eigenvalue weighted by atomic mass is 32.1. The molecule has 2 aromatic carbocycles. The minimum atomic E-state index is -0.619. The van der Waals surface area contributed by atoms with Gasteiger partial charge in [0.2, 0.25) is 5.91 Å². The van der Waals surface area contributed by atoms with E-state index in [2.05, 4.69) is 5.32 Å². The highest BCUT2D eigenvalue weighted by molar-refractivity contribution is 7.80. The third-order valence-electron chi connectivity index (χ3n) is 5.05. The summed E-state index contributed by atoms with van der Waals surface area (Å²) in [5.74, 6) is 0.901. The molecule has 0 aliphatic carbocycles. The fraction of sp³-hybridized carbons (Fsp3) is 0.318. The van der Waals surface area contributed by atoms with Crippen molar-refractivity contribution >= 4 is 34.8 Å². The van der Waals surface area contributed by atoms with Crippen molar-refractivity contribution in [1.29, 1.82) is 0 Å². The standard InChI is InChI=1S/C22H25N3O4S/c1-24-21(27)17(14-20(26)23-16-7-5-4-6-8-16)25(22(24)30)12-11-15-9-10-18(28-2)19(13-15)29-3/h4-10,13,17H,11-12,14H2,1-3H3,(H,23,26)/t17-/m0/s1. The van der Waals surface area contributed by atoms with Crippen LogP contribution in [-0.4, -0.2) is 60.6 Å². The Morgan fingerprint density at radius 1 is 1.10 bits per heavy atom. The maximum atomic E-state index is 12.7. The summed E-state index contributed by atoms with van der Waals surface area (Å²) in [4.78, 5) is 28.5. The maximum absolute atomic E-state index is 12.7. The van der Waals surface area contributed by atoms with Crippen LogP contribution >= 0.6 is 12.2 Å². The number of amides is 2. The molecule has 0 unspecified atom stereocenters. The third-order valence-corrected chi connectivity index (χ3v) is 5.56. The first kappa shape index (κ1) is 21.6. The van der Waals surface area contributed by atoms with Crippen molar-refractivity contribution in [2.45, 2.75) is 18.9 Å². The molecule has 0 radical (unpaired) electrons. The first-order chi connectivity index (χ1) is 14.4. The van der Waals surface area contributed by atoms with Crippen molar-refractivity contribution < 1.29 is 19.1 Å². The topological polar surface area (TPSA) is 71.1 Å². The average Bonchev–Trinajstić information content (AvgIpc) is 2.96. The number of methoxy groups -OCH3 is 2. The minimum absolute atomic E-state index is 0.0319. The predicted octanol–water partition coefficient (Wildman–Crippen LogP) is 2.70. The molecule has 158 valence electrons. The number of carbonyl (C=O) groups excluding carboxylic acids is 2. The first-order valence-corrected chi connectivity index (χ1v) is 9.99. The Morgan fingerprint density at radius 2 is 1.80 bits per heavy atom. The quantitative estimate of drug-likeness (QED) is 0.654. The molecule has 3 rings (SSSR count). The number of nitrogens with one attached hydrogen (secondary N) is 1. The van der Waals surface area contributed by atoms with Gasteiger partial charge < -0.3 is 19.7 Å². The van der Waals surface area contributed by atoms with E-state index in [1.165, 1.54) is 4.90 Å². The van der Waals surface area contributed by atoms with Crippen LogP contribution in [0.2, 0.25) is 0 Å². The number of para-hydroxylation sites is 1. The Morgan fingerprint density at radius 3 is 2.47 bits per heavy atom. The van der Waals surface area contributed by atoms with Crippen LogP contribution in [0.5, 0.6) is 11.5 Å². The van der Waals surface area contributed by atoms with Gasteiger partial charge in [-0.2, -0.15) is 0 Å². The van der Waals surface area contributed by atoms with Crippen LogP contribution in [0.3, 0.4) is 0 Å². The Bertz CT molecular complexity index is 935. The molecule has 0 aromatic heterocycles. The van der Waals surface area contributed by atoms with E-state index in [4.69, 9.17) is 21.7 Å². The van der Waals surface area contributed by atoms with Gasteiger partial charge >= 0.3 is 0 Å². The summed E-state index contributed by atoms with van der Waals surface area (Å²) in [5.41, 5.74) is 1.71. The monoisotopic (exact) mass is 427 g/mol. The molecule has 2 aromatic rings. The van der Waals surface area contributed by atoms with Crippen LogP contribution in [0.25, 0.3) is 0 Å². The van der Waals surface area contributed by atoms with E-state index >= 15 is 0 Å². The molecule has 0 saturated carbocycles. The van der Waals surface area contributed by atoms with Crippen LogP contribution in [-0.2, 0) is 16.0 Å². The SMILES string of the molecule is COc1ccc(CCN2C(=S)N(C)C(=O)[C@@H]2CC(=O)Nc2ccccc2)cc1OC. The van der Waals surface area contributed by atoms with E-state index < -0.39 is 6.04 Å². The van der Waals surface area contributed by atoms with Gasteiger partial charge in [0.1, 0.15) is 6.04 Å². The minimum Gasteiger partial charge on any atom is -0.493 e. The van der Waals surface area contributed by atoms with Gasteiger partial charge in [0.25, 0.3) is 5.91 Å². The Balaban J connectivity index is 1.69. The van der Waals surface area contributed by atoms with Crippen LogP contribution < -0.4 is 14.8 Å². The molecule has 30 heavy (non-hydrogen) atoms. The van der Waals surface area contributed by atoms with Crippen LogP contribution in [0.15, 0.2) is 48.5 Å². The summed E-state index contributed by atoms with van der Waals surface area (Å²) in [6.07, 6.45) is 0.669. The Kier molecular flexibility index (Phi) is 6.89. The highest BCUT2D eigenvalue weighted by Gasteiger charge is 2.41. The van der Waals surface area contributed by atoms with Crippen molar-refractivity contribution in [2.24, 2.45) is 0 Å². The van der Waals surface area contributed by atoms with E-state index in [1.807, 2.05) is 41.3 Å². The molecule has 2 amide bonds. The number of ether oxygens (including phenoxy) is 2. The molecule has 8 heteroatoms. The number of hydrogen-bond donors (Lipinski definition) is 1. The second-order valence-corrected chi connectivity index (χ2v) is 7.31. The van der Waals surface area contributed by atoms with Crippen molar-refractivity contribution in [3.63, 3.8) is 0 Å². The van der Waals surface area contributed by atoms with E-state index in [0.717, 1.165) is 5.56 Å². The lowest BCUT2D eigenvalue weighted by Gasteiger charge is -2.23. The average molecular weight is 428 g/mol. The molecule has 0 spiro atoms. The second-order valence-electron chi connectivity index (χ2n) is 6.95. The van der Waals surface area contributed by atoms with Crippen molar-refractivity contribution in [3.05, 3.63) is 54.1 Å². The van der Waals surface area contributed by atoms with E-state index in [1.54, 1.807) is 33.4 Å². The van der Waals surface area contributed by atoms with Gasteiger partial charge in [0.15, 0.2) is 16.6 Å². The molecule has 1 aliphatic rings. The normalized spacial score (nSPS) is 16.0. The summed E-state index contributed by atoms with van der Waals surface area (Å²) in [6.45, 7) is 0.508. The lowest BCUT2D eigenvalue weighted by Crippen LogP contribution is -2.39. The van der Waals surface area contributed by atoms with Crippen molar-refractivity contribution in [3.8, 4) is 11.5 Å². The Hall–Kier alpha value is -3.13. The molecule has 0 bridgehead atoms. The van der Waals surface area contributed by atoms with Crippen molar-refractivity contribution in [2.75, 3.05) is 33.1 Å². The molecule has 1 saturated heterocycles. The predicted molar refractivity (Wildman–Crippen MR) is 119 cm³/mol. The van der Waals surface area contributed by atoms with Crippen LogP contribution in [0.1, 0.15) is 12.0 Å². The molecular formula is C22H25N3O4S. The molecule has 1 aliphatic heterocycles. The fourth-order valence-corrected chi connectivity index (χ4v) is 3.73. The first-order valence-electron chi connectivity index (χ1n) is 9.58. The van der Waals surface area contributed by atoms with Gasteiger partial charge in [-0.05, 0) is 48.5 Å². The largest absolute Gasteiger partial charge is 0.493 e. The number of anilines is 1.